The zero-order valence-corrected chi connectivity index (χ0v) is 18.5. The van der Waals surface area contributed by atoms with E-state index >= 15 is 0 Å². The van der Waals surface area contributed by atoms with E-state index in [4.69, 9.17) is 14.5 Å². The molecule has 6 nitrogen and oxygen atoms in total. The molecule has 0 bridgehead atoms. The lowest BCUT2D eigenvalue weighted by atomic mass is 9.93. The number of rotatable bonds is 7. The third kappa shape index (κ3) is 5.66. The fourth-order valence-electron chi connectivity index (χ4n) is 4.23. The van der Waals surface area contributed by atoms with E-state index in [1.165, 1.54) is 32.9 Å². The molecule has 0 atom stereocenters. The number of thiazole rings is 1. The van der Waals surface area contributed by atoms with Crippen molar-refractivity contribution in [2.45, 2.75) is 25.8 Å². The van der Waals surface area contributed by atoms with Crippen LogP contribution in [0, 0.1) is 5.92 Å². The SMILES string of the molecule is COC(=O)c1ccc(-c2nc(CN3CCC(CCN4CCOCC4)CC3)cs2)cc1. The second-order valence-corrected chi connectivity index (χ2v) is 9.03. The third-order valence-corrected chi connectivity index (χ3v) is 7.09. The molecule has 2 aliphatic rings. The predicted octanol–water partition coefficient (Wildman–Crippen LogP) is 3.53. The highest BCUT2D eigenvalue weighted by Gasteiger charge is 2.21. The van der Waals surface area contributed by atoms with Crippen molar-refractivity contribution in [2.24, 2.45) is 5.92 Å². The van der Waals surface area contributed by atoms with E-state index < -0.39 is 0 Å². The van der Waals surface area contributed by atoms with Crippen LogP contribution in [0.4, 0.5) is 0 Å². The minimum absolute atomic E-state index is 0.310. The van der Waals surface area contributed by atoms with Crippen molar-refractivity contribution in [2.75, 3.05) is 53.0 Å². The number of ether oxygens (including phenoxy) is 2. The maximum absolute atomic E-state index is 11.6. The first-order chi connectivity index (χ1) is 14.7. The maximum Gasteiger partial charge on any atom is 0.337 e. The van der Waals surface area contributed by atoms with Gasteiger partial charge in [-0.25, -0.2) is 9.78 Å². The van der Waals surface area contributed by atoms with Gasteiger partial charge in [0.05, 0.1) is 31.6 Å². The van der Waals surface area contributed by atoms with E-state index in [0.29, 0.717) is 5.56 Å². The molecule has 162 valence electrons. The highest BCUT2D eigenvalue weighted by molar-refractivity contribution is 7.13. The van der Waals surface area contributed by atoms with Crippen LogP contribution in [-0.2, 0) is 16.0 Å². The molecule has 0 aliphatic carbocycles. The molecule has 2 saturated heterocycles. The summed E-state index contributed by atoms with van der Waals surface area (Å²) in [7, 11) is 1.40. The van der Waals surface area contributed by atoms with Gasteiger partial charge in [-0.2, -0.15) is 0 Å². The zero-order valence-electron chi connectivity index (χ0n) is 17.7. The van der Waals surface area contributed by atoms with Crippen molar-refractivity contribution in [1.82, 2.24) is 14.8 Å². The van der Waals surface area contributed by atoms with Crippen LogP contribution in [0.1, 0.15) is 35.3 Å². The number of esters is 1. The normalized spacial score (nSPS) is 19.1. The summed E-state index contributed by atoms with van der Waals surface area (Å²) in [5, 5.41) is 3.16. The standard InChI is InChI=1S/C23H31N3O3S/c1-28-23(27)20-4-2-19(3-5-20)22-24-21(17-30-22)16-26-10-7-18(8-11-26)6-9-25-12-14-29-15-13-25/h2-5,17-18H,6-16H2,1H3. The van der Waals surface area contributed by atoms with Gasteiger partial charge in [-0.1, -0.05) is 12.1 Å². The molecule has 2 aliphatic heterocycles. The van der Waals surface area contributed by atoms with Gasteiger partial charge in [0.2, 0.25) is 0 Å². The Morgan fingerprint density at radius 2 is 1.87 bits per heavy atom. The largest absolute Gasteiger partial charge is 0.465 e. The summed E-state index contributed by atoms with van der Waals surface area (Å²) in [4.78, 5) is 21.5. The van der Waals surface area contributed by atoms with Crippen molar-refractivity contribution < 1.29 is 14.3 Å². The van der Waals surface area contributed by atoms with Crippen LogP contribution in [0.5, 0.6) is 0 Å². The average Bonchev–Trinajstić information content (AvgIpc) is 3.27. The number of carbonyl (C=O) groups excluding carboxylic acids is 1. The Labute approximate surface area is 182 Å². The molecule has 0 radical (unpaired) electrons. The minimum Gasteiger partial charge on any atom is -0.465 e. The van der Waals surface area contributed by atoms with Gasteiger partial charge in [-0.3, -0.25) is 9.80 Å². The maximum atomic E-state index is 11.6. The zero-order chi connectivity index (χ0) is 20.8. The second kappa shape index (κ2) is 10.5. The Morgan fingerprint density at radius 1 is 1.13 bits per heavy atom. The minimum atomic E-state index is -0.310. The summed E-state index contributed by atoms with van der Waals surface area (Å²) >= 11 is 1.67. The average molecular weight is 430 g/mol. The number of aromatic nitrogens is 1. The van der Waals surface area contributed by atoms with Crippen LogP contribution < -0.4 is 0 Å². The number of piperidine rings is 1. The van der Waals surface area contributed by atoms with E-state index in [-0.39, 0.29) is 5.97 Å². The summed E-state index contributed by atoms with van der Waals surface area (Å²) in [5.41, 5.74) is 2.74. The number of benzene rings is 1. The summed E-state index contributed by atoms with van der Waals surface area (Å²) < 4.78 is 10.2. The molecule has 0 spiro atoms. The van der Waals surface area contributed by atoms with E-state index in [1.54, 1.807) is 23.5 Å². The van der Waals surface area contributed by atoms with Gasteiger partial charge < -0.3 is 9.47 Å². The molecule has 0 amide bonds. The molecular formula is C23H31N3O3S. The van der Waals surface area contributed by atoms with Gasteiger partial charge in [-0.15, -0.1) is 11.3 Å². The highest BCUT2D eigenvalue weighted by Crippen LogP contribution is 2.26. The lowest BCUT2D eigenvalue weighted by Gasteiger charge is -2.33. The molecular weight excluding hydrogens is 398 g/mol. The first kappa shape index (κ1) is 21.4. The molecule has 0 N–H and O–H groups in total. The molecule has 7 heteroatoms. The third-order valence-electron chi connectivity index (χ3n) is 6.15. The van der Waals surface area contributed by atoms with Crippen molar-refractivity contribution in [3.63, 3.8) is 0 Å². The Morgan fingerprint density at radius 3 is 2.57 bits per heavy atom. The lowest BCUT2D eigenvalue weighted by Crippen LogP contribution is -2.39. The van der Waals surface area contributed by atoms with Gasteiger partial charge >= 0.3 is 5.97 Å². The van der Waals surface area contributed by atoms with E-state index in [9.17, 15) is 4.79 Å². The van der Waals surface area contributed by atoms with Crippen LogP contribution in [0.3, 0.4) is 0 Å². The van der Waals surface area contributed by atoms with Gasteiger partial charge in [0.15, 0.2) is 0 Å². The van der Waals surface area contributed by atoms with Crippen LogP contribution in [0.25, 0.3) is 10.6 Å². The number of hydrogen-bond donors (Lipinski definition) is 0. The van der Waals surface area contributed by atoms with Gasteiger partial charge in [-0.05, 0) is 56.9 Å². The fourth-order valence-corrected chi connectivity index (χ4v) is 5.05. The molecule has 2 fully saturated rings. The quantitative estimate of drug-likeness (QED) is 0.628. The van der Waals surface area contributed by atoms with E-state index in [0.717, 1.165) is 68.1 Å². The van der Waals surface area contributed by atoms with Crippen LogP contribution in [0.2, 0.25) is 0 Å². The molecule has 3 heterocycles. The Balaban J connectivity index is 1.23. The number of hydrogen-bond acceptors (Lipinski definition) is 7. The Bertz CT molecular complexity index is 809. The van der Waals surface area contributed by atoms with Crippen molar-refractivity contribution >= 4 is 17.3 Å². The number of morpholine rings is 1. The summed E-state index contributed by atoms with van der Waals surface area (Å²) in [6.07, 6.45) is 3.89. The molecule has 30 heavy (non-hydrogen) atoms. The van der Waals surface area contributed by atoms with Crippen molar-refractivity contribution in [3.8, 4) is 10.6 Å². The molecule has 2 aromatic rings. The van der Waals surface area contributed by atoms with E-state index in [1.807, 2.05) is 12.1 Å². The predicted molar refractivity (Wildman–Crippen MR) is 119 cm³/mol. The second-order valence-electron chi connectivity index (χ2n) is 8.18. The molecule has 0 unspecified atom stereocenters. The summed E-state index contributed by atoms with van der Waals surface area (Å²) in [6, 6.07) is 7.47. The van der Waals surface area contributed by atoms with E-state index in [2.05, 4.69) is 15.2 Å². The molecule has 1 aromatic heterocycles. The van der Waals surface area contributed by atoms with Gasteiger partial charge in [0.1, 0.15) is 5.01 Å². The first-order valence-corrected chi connectivity index (χ1v) is 11.7. The van der Waals surface area contributed by atoms with Gasteiger partial charge in [0, 0.05) is 30.6 Å². The number of methoxy groups -OCH3 is 1. The first-order valence-electron chi connectivity index (χ1n) is 10.9. The fraction of sp³-hybridized carbons (Fsp3) is 0.565. The lowest BCUT2D eigenvalue weighted by molar-refractivity contribution is 0.0334. The molecule has 1 aromatic carbocycles. The Kier molecular flexibility index (Phi) is 7.49. The summed E-state index contributed by atoms with van der Waals surface area (Å²) in [5.74, 6) is 0.540. The van der Waals surface area contributed by atoms with Crippen molar-refractivity contribution in [1.29, 1.82) is 0 Å². The van der Waals surface area contributed by atoms with Crippen molar-refractivity contribution in [3.05, 3.63) is 40.9 Å². The van der Waals surface area contributed by atoms with Crippen LogP contribution in [0.15, 0.2) is 29.6 Å². The number of likely N-dealkylation sites (tertiary alicyclic amines) is 1. The summed E-state index contributed by atoms with van der Waals surface area (Å²) in [6.45, 7) is 8.44. The monoisotopic (exact) mass is 429 g/mol. The smallest absolute Gasteiger partial charge is 0.337 e. The Hall–Kier alpha value is -1.80. The van der Waals surface area contributed by atoms with Crippen LogP contribution in [-0.4, -0.2) is 73.8 Å². The molecule has 4 rings (SSSR count). The number of carbonyl (C=O) groups is 1. The topological polar surface area (TPSA) is 54.9 Å². The van der Waals surface area contributed by atoms with Crippen LogP contribution >= 0.6 is 11.3 Å². The molecule has 0 saturated carbocycles. The highest BCUT2D eigenvalue weighted by atomic mass is 32.1. The number of nitrogens with zero attached hydrogens (tertiary/aromatic N) is 3. The van der Waals surface area contributed by atoms with Gasteiger partial charge in [0.25, 0.3) is 0 Å².